The van der Waals surface area contributed by atoms with Crippen molar-refractivity contribution in [3.63, 3.8) is 0 Å². The van der Waals surface area contributed by atoms with Crippen LogP contribution in [-0.2, 0) is 21.4 Å². The summed E-state index contributed by atoms with van der Waals surface area (Å²) >= 11 is 0. The number of benzene rings is 1. The van der Waals surface area contributed by atoms with E-state index in [1.807, 2.05) is 14.2 Å². The van der Waals surface area contributed by atoms with Crippen molar-refractivity contribution in [3.8, 4) is 0 Å². The molecule has 1 atom stereocenters. The Kier molecular flexibility index (Phi) is 6.16. The lowest BCUT2D eigenvalue weighted by molar-refractivity contribution is -0.157. The molecule has 4 nitrogen and oxygen atoms in total. The SMILES string of the molecule is CO[C@@H]1CC2(OC)CCC1(c1ccc(CNCCCCN)cc1)CC2. The van der Waals surface area contributed by atoms with Gasteiger partial charge >= 0.3 is 0 Å². The lowest BCUT2D eigenvalue weighted by Crippen LogP contribution is -2.58. The summed E-state index contributed by atoms with van der Waals surface area (Å²) in [4.78, 5) is 0. The van der Waals surface area contributed by atoms with Gasteiger partial charge in [-0.05, 0) is 62.7 Å². The fourth-order valence-electron chi connectivity index (χ4n) is 4.86. The first kappa shape index (κ1) is 18.8. The van der Waals surface area contributed by atoms with Gasteiger partial charge in [0.25, 0.3) is 0 Å². The monoisotopic (exact) mass is 346 g/mol. The first-order valence-electron chi connectivity index (χ1n) is 9.76. The van der Waals surface area contributed by atoms with E-state index in [2.05, 4.69) is 29.6 Å². The van der Waals surface area contributed by atoms with Crippen LogP contribution >= 0.6 is 0 Å². The van der Waals surface area contributed by atoms with Gasteiger partial charge in [-0.3, -0.25) is 0 Å². The third-order valence-corrected chi connectivity index (χ3v) is 6.61. The Bertz CT molecular complexity index is 535. The third kappa shape index (κ3) is 3.77. The number of fused-ring (bicyclic) bond motifs is 3. The molecule has 0 heterocycles. The van der Waals surface area contributed by atoms with Crippen molar-refractivity contribution in [1.82, 2.24) is 5.32 Å². The zero-order valence-electron chi connectivity index (χ0n) is 15.9. The molecule has 0 aromatic heterocycles. The highest BCUT2D eigenvalue weighted by molar-refractivity contribution is 5.34. The molecule has 3 aliphatic rings. The summed E-state index contributed by atoms with van der Waals surface area (Å²) in [5.74, 6) is 0. The van der Waals surface area contributed by atoms with E-state index in [0.29, 0.717) is 0 Å². The molecule has 0 radical (unpaired) electrons. The van der Waals surface area contributed by atoms with E-state index in [9.17, 15) is 0 Å². The first-order valence-corrected chi connectivity index (χ1v) is 9.76. The molecule has 0 unspecified atom stereocenters. The maximum absolute atomic E-state index is 5.94. The van der Waals surface area contributed by atoms with Crippen LogP contribution in [0.4, 0.5) is 0 Å². The second kappa shape index (κ2) is 8.17. The summed E-state index contributed by atoms with van der Waals surface area (Å²) in [5.41, 5.74) is 8.54. The summed E-state index contributed by atoms with van der Waals surface area (Å²) in [6, 6.07) is 9.21. The smallest absolute Gasteiger partial charge is 0.0704 e. The van der Waals surface area contributed by atoms with Gasteiger partial charge in [0.05, 0.1) is 11.7 Å². The van der Waals surface area contributed by atoms with E-state index < -0.39 is 0 Å². The van der Waals surface area contributed by atoms with Crippen LogP contribution < -0.4 is 11.1 Å². The van der Waals surface area contributed by atoms with Gasteiger partial charge in [0.15, 0.2) is 0 Å². The van der Waals surface area contributed by atoms with Crippen LogP contribution in [0.25, 0.3) is 0 Å². The lowest BCUT2D eigenvalue weighted by Gasteiger charge is -2.56. The predicted octanol–water partition coefficient (Wildman–Crippen LogP) is 3.13. The Balaban J connectivity index is 1.65. The first-order chi connectivity index (χ1) is 12.2. The van der Waals surface area contributed by atoms with Crippen LogP contribution in [0.5, 0.6) is 0 Å². The Morgan fingerprint density at radius 3 is 2.40 bits per heavy atom. The Hall–Kier alpha value is -0.940. The number of methoxy groups -OCH3 is 2. The molecule has 0 spiro atoms. The minimum absolute atomic E-state index is 0.0514. The maximum atomic E-state index is 5.94. The minimum atomic E-state index is 0.0514. The molecule has 4 rings (SSSR count). The van der Waals surface area contributed by atoms with Crippen molar-refractivity contribution in [2.75, 3.05) is 27.3 Å². The summed E-state index contributed by atoms with van der Waals surface area (Å²) in [5, 5.41) is 3.50. The standard InChI is InChI=1S/C21H34N2O2/c1-24-19-15-20(25-2)9-11-21(19,12-10-20)18-7-5-17(6-8-18)16-23-14-4-3-13-22/h5-8,19,23H,3-4,9-16,22H2,1-2H3/t19-,20?,21?/m1/s1. The van der Waals surface area contributed by atoms with Crippen molar-refractivity contribution in [2.45, 2.75) is 68.6 Å². The average molecular weight is 347 g/mol. The van der Waals surface area contributed by atoms with Gasteiger partial charge in [0, 0.05) is 32.6 Å². The van der Waals surface area contributed by atoms with Crippen LogP contribution in [0.1, 0.15) is 56.1 Å². The van der Waals surface area contributed by atoms with Crippen LogP contribution in [-0.4, -0.2) is 39.0 Å². The summed E-state index contributed by atoms with van der Waals surface area (Å²) in [7, 11) is 3.72. The van der Waals surface area contributed by atoms with E-state index in [1.54, 1.807) is 0 Å². The minimum Gasteiger partial charge on any atom is -0.380 e. The molecule has 1 aromatic rings. The second-order valence-electron chi connectivity index (χ2n) is 7.84. The molecule has 25 heavy (non-hydrogen) atoms. The van der Waals surface area contributed by atoms with Crippen LogP contribution in [0.15, 0.2) is 24.3 Å². The maximum Gasteiger partial charge on any atom is 0.0704 e. The van der Waals surface area contributed by atoms with E-state index in [0.717, 1.165) is 64.6 Å². The van der Waals surface area contributed by atoms with Gasteiger partial charge in [-0.1, -0.05) is 24.3 Å². The number of nitrogens with one attached hydrogen (secondary N) is 1. The van der Waals surface area contributed by atoms with Crippen molar-refractivity contribution in [3.05, 3.63) is 35.4 Å². The quantitative estimate of drug-likeness (QED) is 0.675. The van der Waals surface area contributed by atoms with Crippen molar-refractivity contribution in [1.29, 1.82) is 0 Å². The van der Waals surface area contributed by atoms with Crippen molar-refractivity contribution >= 4 is 0 Å². The van der Waals surface area contributed by atoms with Crippen molar-refractivity contribution < 1.29 is 9.47 Å². The predicted molar refractivity (Wildman–Crippen MR) is 102 cm³/mol. The fourth-order valence-corrected chi connectivity index (χ4v) is 4.86. The molecular formula is C21H34N2O2. The molecule has 3 fully saturated rings. The van der Waals surface area contributed by atoms with Gasteiger partial charge in [0.2, 0.25) is 0 Å². The van der Waals surface area contributed by atoms with E-state index in [-0.39, 0.29) is 17.1 Å². The van der Waals surface area contributed by atoms with Gasteiger partial charge in [-0.25, -0.2) is 0 Å². The van der Waals surface area contributed by atoms with Gasteiger partial charge in [0.1, 0.15) is 0 Å². The third-order valence-electron chi connectivity index (χ3n) is 6.61. The van der Waals surface area contributed by atoms with Crippen LogP contribution in [0.3, 0.4) is 0 Å². The Morgan fingerprint density at radius 2 is 1.80 bits per heavy atom. The number of hydrogen-bond donors (Lipinski definition) is 2. The zero-order valence-corrected chi connectivity index (χ0v) is 15.9. The van der Waals surface area contributed by atoms with Gasteiger partial charge in [-0.15, -0.1) is 0 Å². The Labute approximate surface area is 152 Å². The van der Waals surface area contributed by atoms with E-state index in [1.165, 1.54) is 11.1 Å². The van der Waals surface area contributed by atoms with E-state index >= 15 is 0 Å². The average Bonchev–Trinajstić information content (AvgIpc) is 2.69. The zero-order chi connectivity index (χ0) is 17.8. The molecule has 0 aliphatic heterocycles. The lowest BCUT2D eigenvalue weighted by atomic mass is 9.54. The molecule has 2 bridgehead atoms. The molecule has 4 heteroatoms. The molecule has 3 saturated carbocycles. The fraction of sp³-hybridized carbons (Fsp3) is 0.714. The number of rotatable bonds is 9. The van der Waals surface area contributed by atoms with E-state index in [4.69, 9.17) is 15.2 Å². The second-order valence-corrected chi connectivity index (χ2v) is 7.84. The highest BCUT2D eigenvalue weighted by Gasteiger charge is 2.55. The summed E-state index contributed by atoms with van der Waals surface area (Å²) in [6.45, 7) is 2.75. The van der Waals surface area contributed by atoms with Crippen LogP contribution in [0.2, 0.25) is 0 Å². The molecule has 1 aromatic carbocycles. The summed E-state index contributed by atoms with van der Waals surface area (Å²) in [6.07, 6.45) is 8.14. The number of nitrogens with two attached hydrogens (primary N) is 1. The summed E-state index contributed by atoms with van der Waals surface area (Å²) < 4.78 is 11.8. The number of hydrogen-bond acceptors (Lipinski definition) is 4. The molecule has 3 N–H and O–H groups in total. The van der Waals surface area contributed by atoms with Crippen molar-refractivity contribution in [2.24, 2.45) is 5.73 Å². The number of ether oxygens (including phenoxy) is 2. The highest BCUT2D eigenvalue weighted by atomic mass is 16.5. The molecule has 140 valence electrons. The largest absolute Gasteiger partial charge is 0.380 e. The highest BCUT2D eigenvalue weighted by Crippen LogP contribution is 2.55. The van der Waals surface area contributed by atoms with Gasteiger partial charge < -0.3 is 20.5 Å². The number of unbranched alkanes of at least 4 members (excludes halogenated alkanes) is 1. The van der Waals surface area contributed by atoms with Crippen LogP contribution in [0, 0.1) is 0 Å². The molecule has 3 aliphatic carbocycles. The topological polar surface area (TPSA) is 56.5 Å². The molecule has 0 saturated heterocycles. The Morgan fingerprint density at radius 1 is 1.08 bits per heavy atom. The molecule has 0 amide bonds. The van der Waals surface area contributed by atoms with Gasteiger partial charge in [-0.2, -0.15) is 0 Å². The normalized spacial score (nSPS) is 31.4. The molecular weight excluding hydrogens is 312 g/mol.